The summed E-state index contributed by atoms with van der Waals surface area (Å²) in [6, 6.07) is -1.22. The average Bonchev–Trinajstić information content (AvgIpc) is 2.36. The number of carbonyl (C=O) groups is 4. The highest BCUT2D eigenvalue weighted by molar-refractivity contribution is 6.39. The van der Waals surface area contributed by atoms with Crippen molar-refractivity contribution < 1.29 is 24.3 Å². The number of nitrogens with two attached hydrogens (primary N) is 1. The topological polar surface area (TPSA) is 142 Å². The van der Waals surface area contributed by atoms with Crippen LogP contribution in [0, 0.1) is 0 Å². The SMILES string of the molecule is CN1N=C(C(=O)N[C@@H](CCC(N)=O)C(=O)O)CCC1=O. The number of nitrogens with zero attached hydrogens (tertiary/aromatic N) is 2. The molecule has 1 aliphatic heterocycles. The molecule has 0 saturated carbocycles. The molecule has 1 heterocycles. The molecule has 0 aliphatic carbocycles. The van der Waals surface area contributed by atoms with Crippen molar-refractivity contribution >= 4 is 29.4 Å². The summed E-state index contributed by atoms with van der Waals surface area (Å²) in [5.41, 5.74) is 5.02. The van der Waals surface area contributed by atoms with Crippen molar-refractivity contribution in [2.45, 2.75) is 31.7 Å². The zero-order valence-electron chi connectivity index (χ0n) is 11.0. The summed E-state index contributed by atoms with van der Waals surface area (Å²) in [7, 11) is 1.41. The van der Waals surface area contributed by atoms with Crippen molar-refractivity contribution in [1.82, 2.24) is 10.3 Å². The maximum Gasteiger partial charge on any atom is 0.326 e. The Hall–Kier alpha value is -2.45. The van der Waals surface area contributed by atoms with Crippen LogP contribution in [0.1, 0.15) is 25.7 Å². The lowest BCUT2D eigenvalue weighted by atomic mass is 10.1. The number of hydrazone groups is 1. The number of hydrogen-bond donors (Lipinski definition) is 3. The van der Waals surface area contributed by atoms with Crippen molar-refractivity contribution in [2.75, 3.05) is 7.05 Å². The maximum atomic E-state index is 11.9. The Labute approximate surface area is 114 Å². The molecule has 0 aromatic heterocycles. The number of primary amides is 1. The summed E-state index contributed by atoms with van der Waals surface area (Å²) in [6.07, 6.45) is 0.0412. The zero-order chi connectivity index (χ0) is 15.3. The van der Waals surface area contributed by atoms with Crippen LogP contribution in [0.15, 0.2) is 5.10 Å². The van der Waals surface area contributed by atoms with E-state index in [0.717, 1.165) is 5.01 Å². The van der Waals surface area contributed by atoms with Gasteiger partial charge in [-0.3, -0.25) is 14.4 Å². The van der Waals surface area contributed by atoms with Gasteiger partial charge >= 0.3 is 5.97 Å². The van der Waals surface area contributed by atoms with Crippen LogP contribution >= 0.6 is 0 Å². The first-order valence-electron chi connectivity index (χ1n) is 5.97. The minimum atomic E-state index is -1.26. The van der Waals surface area contributed by atoms with Gasteiger partial charge in [-0.25, -0.2) is 9.80 Å². The van der Waals surface area contributed by atoms with Gasteiger partial charge in [0.2, 0.25) is 11.8 Å². The molecule has 9 heteroatoms. The molecule has 0 radical (unpaired) electrons. The van der Waals surface area contributed by atoms with Crippen molar-refractivity contribution in [3.63, 3.8) is 0 Å². The third kappa shape index (κ3) is 4.34. The van der Waals surface area contributed by atoms with Crippen LogP contribution in [0.2, 0.25) is 0 Å². The van der Waals surface area contributed by atoms with Crippen LogP contribution in [0.3, 0.4) is 0 Å². The molecule has 4 N–H and O–H groups in total. The third-order valence-corrected chi connectivity index (χ3v) is 2.75. The molecule has 0 bridgehead atoms. The number of amides is 3. The van der Waals surface area contributed by atoms with Gasteiger partial charge in [-0.1, -0.05) is 0 Å². The fourth-order valence-corrected chi connectivity index (χ4v) is 1.62. The van der Waals surface area contributed by atoms with Gasteiger partial charge in [0.25, 0.3) is 5.91 Å². The third-order valence-electron chi connectivity index (χ3n) is 2.75. The van der Waals surface area contributed by atoms with Crippen molar-refractivity contribution in [3.05, 3.63) is 0 Å². The minimum absolute atomic E-state index is 0.0809. The summed E-state index contributed by atoms with van der Waals surface area (Å²) in [6.45, 7) is 0. The van der Waals surface area contributed by atoms with Gasteiger partial charge in [-0.2, -0.15) is 5.10 Å². The largest absolute Gasteiger partial charge is 0.480 e. The Morgan fingerprint density at radius 3 is 2.60 bits per heavy atom. The predicted octanol–water partition coefficient (Wildman–Crippen LogP) is -1.57. The highest BCUT2D eigenvalue weighted by atomic mass is 16.4. The molecule has 0 aromatic carbocycles. The Bertz CT molecular complexity index is 473. The number of carboxylic acids is 1. The lowest BCUT2D eigenvalue weighted by Crippen LogP contribution is -2.46. The first-order chi connectivity index (χ1) is 9.31. The van der Waals surface area contributed by atoms with E-state index in [1.54, 1.807) is 0 Å². The summed E-state index contributed by atoms with van der Waals surface area (Å²) in [5.74, 6) is -2.79. The summed E-state index contributed by atoms with van der Waals surface area (Å²) in [4.78, 5) is 44.7. The second kappa shape index (κ2) is 6.64. The second-order valence-electron chi connectivity index (χ2n) is 4.33. The van der Waals surface area contributed by atoms with E-state index >= 15 is 0 Å². The van der Waals surface area contributed by atoms with E-state index in [2.05, 4.69) is 10.4 Å². The first-order valence-corrected chi connectivity index (χ1v) is 5.97. The minimum Gasteiger partial charge on any atom is -0.480 e. The fraction of sp³-hybridized carbons (Fsp3) is 0.545. The molecule has 0 unspecified atom stereocenters. The molecule has 0 saturated heterocycles. The van der Waals surface area contributed by atoms with E-state index in [-0.39, 0.29) is 37.3 Å². The number of carbonyl (C=O) groups excluding carboxylic acids is 3. The van der Waals surface area contributed by atoms with Crippen LogP contribution in [0.5, 0.6) is 0 Å². The van der Waals surface area contributed by atoms with E-state index in [1.165, 1.54) is 7.05 Å². The Morgan fingerprint density at radius 2 is 2.10 bits per heavy atom. The highest BCUT2D eigenvalue weighted by Gasteiger charge is 2.26. The van der Waals surface area contributed by atoms with E-state index in [0.29, 0.717) is 0 Å². The molecule has 20 heavy (non-hydrogen) atoms. The van der Waals surface area contributed by atoms with Gasteiger partial charge in [0.1, 0.15) is 11.8 Å². The Morgan fingerprint density at radius 1 is 1.45 bits per heavy atom. The van der Waals surface area contributed by atoms with Crippen molar-refractivity contribution in [1.29, 1.82) is 0 Å². The van der Waals surface area contributed by atoms with Crippen LogP contribution in [-0.4, -0.2) is 52.6 Å². The molecule has 9 nitrogen and oxygen atoms in total. The van der Waals surface area contributed by atoms with E-state index in [4.69, 9.17) is 10.8 Å². The smallest absolute Gasteiger partial charge is 0.326 e. The summed E-state index contributed by atoms with van der Waals surface area (Å²) >= 11 is 0. The molecular weight excluding hydrogens is 268 g/mol. The zero-order valence-corrected chi connectivity index (χ0v) is 11.0. The van der Waals surface area contributed by atoms with Crippen molar-refractivity contribution in [2.24, 2.45) is 10.8 Å². The molecule has 0 fully saturated rings. The average molecular weight is 284 g/mol. The molecule has 1 rings (SSSR count). The number of carboxylic acid groups (broad SMARTS) is 1. The molecule has 0 spiro atoms. The van der Waals surface area contributed by atoms with Gasteiger partial charge in [-0.05, 0) is 6.42 Å². The fourth-order valence-electron chi connectivity index (χ4n) is 1.62. The lowest BCUT2D eigenvalue weighted by Gasteiger charge is -2.20. The number of nitrogens with one attached hydrogen (secondary N) is 1. The van der Waals surface area contributed by atoms with E-state index < -0.39 is 23.8 Å². The van der Waals surface area contributed by atoms with Gasteiger partial charge in [0.15, 0.2) is 0 Å². The first kappa shape index (κ1) is 15.6. The number of aliphatic carboxylic acids is 1. The quantitative estimate of drug-likeness (QED) is 0.540. The monoisotopic (exact) mass is 284 g/mol. The Balaban J connectivity index is 2.66. The standard InChI is InChI=1S/C11H16N4O5/c1-15-9(17)5-3-6(14-15)10(18)13-7(11(19)20)2-4-8(12)16/h7H,2-5H2,1H3,(H2,12,16)(H,13,18)(H,19,20)/t7-/m0/s1. The maximum absolute atomic E-state index is 11.9. The molecule has 1 atom stereocenters. The number of hydrogen-bond acceptors (Lipinski definition) is 5. The van der Waals surface area contributed by atoms with Crippen LogP contribution in [0.4, 0.5) is 0 Å². The molecule has 3 amide bonds. The van der Waals surface area contributed by atoms with E-state index in [9.17, 15) is 19.2 Å². The molecule has 0 aromatic rings. The Kier molecular flexibility index (Phi) is 5.18. The van der Waals surface area contributed by atoms with Crippen molar-refractivity contribution in [3.8, 4) is 0 Å². The van der Waals surface area contributed by atoms with Gasteiger partial charge < -0.3 is 16.2 Å². The molecular formula is C11H16N4O5. The molecule has 1 aliphatic rings. The lowest BCUT2D eigenvalue weighted by molar-refractivity contribution is -0.141. The summed E-state index contributed by atoms with van der Waals surface area (Å²) < 4.78 is 0. The highest BCUT2D eigenvalue weighted by Crippen LogP contribution is 2.07. The molecule has 110 valence electrons. The van der Waals surface area contributed by atoms with Crippen LogP contribution in [-0.2, 0) is 19.2 Å². The summed E-state index contributed by atoms with van der Waals surface area (Å²) in [5, 5.41) is 16.0. The van der Waals surface area contributed by atoms with Gasteiger partial charge in [0, 0.05) is 26.3 Å². The van der Waals surface area contributed by atoms with Crippen LogP contribution < -0.4 is 11.1 Å². The van der Waals surface area contributed by atoms with Gasteiger partial charge in [0.05, 0.1) is 0 Å². The predicted molar refractivity (Wildman–Crippen MR) is 67.4 cm³/mol. The van der Waals surface area contributed by atoms with E-state index in [1.807, 2.05) is 0 Å². The second-order valence-corrected chi connectivity index (χ2v) is 4.33. The van der Waals surface area contributed by atoms with Gasteiger partial charge in [-0.15, -0.1) is 0 Å². The normalized spacial score (nSPS) is 16.4. The van der Waals surface area contributed by atoms with Crippen LogP contribution in [0.25, 0.3) is 0 Å². The number of rotatable bonds is 6.